The lowest BCUT2D eigenvalue weighted by molar-refractivity contribution is -0.138. The molecule has 30 heavy (non-hydrogen) atoms. The van der Waals surface area contributed by atoms with Crippen LogP contribution in [0.15, 0.2) is 0 Å². The van der Waals surface area contributed by atoms with E-state index in [2.05, 4.69) is 0 Å². The molecule has 0 fully saturated rings. The number of rotatable bonds is 19. The first-order valence-corrected chi connectivity index (χ1v) is 13.4. The van der Waals surface area contributed by atoms with Crippen molar-refractivity contribution < 1.29 is 36.6 Å². The van der Waals surface area contributed by atoms with E-state index in [1.54, 1.807) is 0 Å². The number of carbonyl (C=O) groups is 2. The number of sulfonamides is 2. The molecule has 0 aromatic heterocycles. The zero-order valence-corrected chi connectivity index (χ0v) is 19.6. The lowest BCUT2D eigenvalue weighted by Gasteiger charge is -2.14. The fourth-order valence-electron chi connectivity index (χ4n) is 2.87. The second-order valence-electron chi connectivity index (χ2n) is 7.47. The van der Waals surface area contributed by atoms with Crippen molar-refractivity contribution in [1.82, 2.24) is 8.61 Å². The quantitative estimate of drug-likeness (QED) is 0.269. The van der Waals surface area contributed by atoms with Gasteiger partial charge in [-0.3, -0.25) is 9.59 Å². The molecule has 0 aromatic carbocycles. The van der Waals surface area contributed by atoms with Crippen LogP contribution >= 0.6 is 0 Å². The molecule has 178 valence electrons. The highest BCUT2D eigenvalue weighted by atomic mass is 32.2. The lowest BCUT2D eigenvalue weighted by Crippen LogP contribution is -2.33. The number of nitrogens with zero attached hydrogens (tertiary/aromatic N) is 2. The summed E-state index contributed by atoms with van der Waals surface area (Å²) in [5.41, 5.74) is 0. The molecular weight excluding hydrogens is 436 g/mol. The topological polar surface area (TPSA) is 149 Å². The average Bonchev–Trinajstić information content (AvgIpc) is 2.61. The largest absolute Gasteiger partial charge is 0.480 e. The van der Waals surface area contributed by atoms with E-state index in [0.29, 0.717) is 12.8 Å². The third-order valence-corrected chi connectivity index (χ3v) is 8.49. The Kier molecular flexibility index (Phi) is 14.1. The number of unbranched alkanes of at least 4 members (excludes halogenated alkanes) is 9. The number of hydrogen-bond acceptors (Lipinski definition) is 6. The molecule has 0 unspecified atom stereocenters. The van der Waals surface area contributed by atoms with Crippen molar-refractivity contribution in [2.75, 3.05) is 38.7 Å². The Bertz CT molecular complexity index is 660. The van der Waals surface area contributed by atoms with Crippen molar-refractivity contribution in [3.8, 4) is 0 Å². The second-order valence-corrected chi connectivity index (χ2v) is 11.9. The first-order valence-electron chi connectivity index (χ1n) is 10.2. The van der Waals surface area contributed by atoms with Crippen LogP contribution in [0.3, 0.4) is 0 Å². The summed E-state index contributed by atoms with van der Waals surface area (Å²) >= 11 is 0. The fraction of sp³-hybridized carbons (Fsp3) is 0.889. The molecule has 0 aromatic rings. The number of carboxylic acid groups (broad SMARTS) is 2. The summed E-state index contributed by atoms with van der Waals surface area (Å²) in [5.74, 6) is -2.43. The molecule has 0 aliphatic heterocycles. The molecule has 12 heteroatoms. The van der Waals surface area contributed by atoms with Gasteiger partial charge in [-0.15, -0.1) is 0 Å². The summed E-state index contributed by atoms with van der Waals surface area (Å²) in [6, 6.07) is 0. The van der Waals surface area contributed by atoms with E-state index >= 15 is 0 Å². The Labute approximate surface area is 180 Å². The third-order valence-electron chi connectivity index (χ3n) is 4.72. The molecule has 0 radical (unpaired) electrons. The van der Waals surface area contributed by atoms with Gasteiger partial charge in [0.15, 0.2) is 0 Å². The minimum atomic E-state index is -3.51. The Morgan fingerprint density at radius 1 is 0.567 bits per heavy atom. The van der Waals surface area contributed by atoms with E-state index in [9.17, 15) is 26.4 Å². The monoisotopic (exact) mass is 472 g/mol. The van der Waals surface area contributed by atoms with Gasteiger partial charge in [0.05, 0.1) is 11.5 Å². The first-order chi connectivity index (χ1) is 13.9. The van der Waals surface area contributed by atoms with Gasteiger partial charge in [-0.05, 0) is 12.8 Å². The highest BCUT2D eigenvalue weighted by Crippen LogP contribution is 2.12. The number of carboxylic acids is 2. The zero-order chi connectivity index (χ0) is 23.2. The second kappa shape index (κ2) is 14.7. The van der Waals surface area contributed by atoms with Gasteiger partial charge < -0.3 is 10.2 Å². The SMILES string of the molecule is CN(CC(=O)O)S(=O)(=O)CCCCCCCCCCCCS(=O)(=O)N(C)CC(=O)O. The van der Waals surface area contributed by atoms with E-state index in [1.807, 2.05) is 0 Å². The highest BCUT2D eigenvalue weighted by molar-refractivity contribution is 7.89. The predicted octanol–water partition coefficient (Wildman–Crippen LogP) is 1.58. The Balaban J connectivity index is 3.67. The Morgan fingerprint density at radius 2 is 0.800 bits per heavy atom. The molecule has 0 spiro atoms. The van der Waals surface area contributed by atoms with Crippen LogP contribution in [0, 0.1) is 0 Å². The van der Waals surface area contributed by atoms with E-state index in [0.717, 1.165) is 60.0 Å². The van der Waals surface area contributed by atoms with E-state index in [4.69, 9.17) is 10.2 Å². The summed E-state index contributed by atoms with van der Waals surface area (Å²) in [5, 5.41) is 17.3. The molecule has 0 rings (SSSR count). The van der Waals surface area contributed by atoms with Gasteiger partial charge in [0, 0.05) is 14.1 Å². The van der Waals surface area contributed by atoms with Crippen LogP contribution in [0.2, 0.25) is 0 Å². The van der Waals surface area contributed by atoms with Crippen LogP contribution in [0.25, 0.3) is 0 Å². The van der Waals surface area contributed by atoms with Crippen LogP contribution in [-0.2, 0) is 29.6 Å². The summed E-state index contributed by atoms with van der Waals surface area (Å²) in [6.45, 7) is -1.04. The van der Waals surface area contributed by atoms with Crippen LogP contribution in [-0.4, -0.2) is 86.3 Å². The molecule has 0 amide bonds. The van der Waals surface area contributed by atoms with Gasteiger partial charge >= 0.3 is 11.9 Å². The van der Waals surface area contributed by atoms with Crippen LogP contribution in [0.1, 0.15) is 64.2 Å². The van der Waals surface area contributed by atoms with Crippen molar-refractivity contribution in [3.63, 3.8) is 0 Å². The zero-order valence-electron chi connectivity index (χ0n) is 18.0. The summed E-state index contributed by atoms with van der Waals surface area (Å²) < 4.78 is 49.2. The third kappa shape index (κ3) is 13.9. The number of aliphatic carboxylic acids is 2. The van der Waals surface area contributed by atoms with E-state index in [-0.39, 0.29) is 11.5 Å². The molecule has 0 saturated heterocycles. The van der Waals surface area contributed by atoms with Gasteiger partial charge in [-0.25, -0.2) is 16.8 Å². The molecule has 0 aliphatic carbocycles. The van der Waals surface area contributed by atoms with Gasteiger partial charge in [0.25, 0.3) is 0 Å². The first kappa shape index (κ1) is 28.8. The summed E-state index contributed by atoms with van der Waals surface area (Å²) in [4.78, 5) is 21.1. The Hall–Kier alpha value is -1.24. The molecule has 0 saturated carbocycles. The van der Waals surface area contributed by atoms with Gasteiger partial charge in [-0.2, -0.15) is 8.61 Å². The average molecular weight is 473 g/mol. The minimum Gasteiger partial charge on any atom is -0.480 e. The van der Waals surface area contributed by atoms with E-state index < -0.39 is 45.1 Å². The van der Waals surface area contributed by atoms with Crippen LogP contribution in [0.5, 0.6) is 0 Å². The van der Waals surface area contributed by atoms with Crippen molar-refractivity contribution >= 4 is 32.0 Å². The van der Waals surface area contributed by atoms with Crippen molar-refractivity contribution in [2.45, 2.75) is 64.2 Å². The normalized spacial score (nSPS) is 12.5. The standard InChI is InChI=1S/C18H36N2O8S2/c1-19(15-17(21)22)29(25,26)13-11-9-7-5-3-4-6-8-10-12-14-30(27,28)20(2)16-18(23)24/h3-16H2,1-2H3,(H,21,22)(H,23,24). The molecule has 0 atom stereocenters. The van der Waals surface area contributed by atoms with Gasteiger partial charge in [-0.1, -0.05) is 51.4 Å². The molecular formula is C18H36N2O8S2. The van der Waals surface area contributed by atoms with E-state index in [1.165, 1.54) is 14.1 Å². The van der Waals surface area contributed by atoms with Gasteiger partial charge in [0.2, 0.25) is 20.0 Å². The van der Waals surface area contributed by atoms with Crippen molar-refractivity contribution in [3.05, 3.63) is 0 Å². The number of likely N-dealkylation sites (N-methyl/N-ethyl adjacent to an activating group) is 2. The van der Waals surface area contributed by atoms with Crippen LogP contribution in [0.4, 0.5) is 0 Å². The molecule has 10 nitrogen and oxygen atoms in total. The summed E-state index contributed by atoms with van der Waals surface area (Å²) in [6.07, 6.45) is 8.49. The molecule has 2 N–H and O–H groups in total. The summed E-state index contributed by atoms with van der Waals surface area (Å²) in [7, 11) is -4.48. The molecule has 0 aliphatic rings. The molecule has 0 heterocycles. The lowest BCUT2D eigenvalue weighted by atomic mass is 10.1. The van der Waals surface area contributed by atoms with Gasteiger partial charge in [0.1, 0.15) is 13.1 Å². The maximum absolute atomic E-state index is 11.9. The maximum atomic E-state index is 11.9. The van der Waals surface area contributed by atoms with Crippen LogP contribution < -0.4 is 0 Å². The predicted molar refractivity (Wildman–Crippen MR) is 114 cm³/mol. The van der Waals surface area contributed by atoms with Crippen molar-refractivity contribution in [2.24, 2.45) is 0 Å². The number of hydrogen-bond donors (Lipinski definition) is 2. The highest BCUT2D eigenvalue weighted by Gasteiger charge is 2.20. The van der Waals surface area contributed by atoms with Crippen molar-refractivity contribution in [1.29, 1.82) is 0 Å². The molecule has 0 bridgehead atoms. The maximum Gasteiger partial charge on any atom is 0.318 e. The Morgan fingerprint density at radius 3 is 1.03 bits per heavy atom. The fourth-order valence-corrected chi connectivity index (χ4v) is 5.25. The smallest absolute Gasteiger partial charge is 0.318 e. The minimum absolute atomic E-state index is 0.0403.